The number of aryl methyl sites for hydroxylation is 1. The molecule has 0 atom stereocenters. The van der Waals surface area contributed by atoms with Crippen LogP contribution in [-0.2, 0) is 24.2 Å². The van der Waals surface area contributed by atoms with Gasteiger partial charge in [0.1, 0.15) is 6.54 Å². The van der Waals surface area contributed by atoms with Gasteiger partial charge in [0, 0.05) is 75.3 Å². The molecule has 208 valence electrons. The number of urea groups is 1. The summed E-state index contributed by atoms with van der Waals surface area (Å²) in [6, 6.07) is 6.59. The minimum atomic E-state index is -0.0363. The van der Waals surface area contributed by atoms with Gasteiger partial charge in [0.15, 0.2) is 5.69 Å². The van der Waals surface area contributed by atoms with Gasteiger partial charge in [0.2, 0.25) is 5.91 Å². The molecule has 39 heavy (non-hydrogen) atoms. The third-order valence-corrected chi connectivity index (χ3v) is 9.13. The first kappa shape index (κ1) is 25.7. The predicted octanol–water partition coefficient (Wildman–Crippen LogP) is 1.97. The van der Waals surface area contributed by atoms with E-state index < -0.39 is 0 Å². The van der Waals surface area contributed by atoms with E-state index in [-0.39, 0.29) is 30.4 Å². The van der Waals surface area contributed by atoms with Gasteiger partial charge in [-0.05, 0) is 63.1 Å². The zero-order valence-corrected chi connectivity index (χ0v) is 23.1. The van der Waals surface area contributed by atoms with Gasteiger partial charge in [-0.25, -0.2) is 4.79 Å². The van der Waals surface area contributed by atoms with Gasteiger partial charge in [0.05, 0.1) is 0 Å². The van der Waals surface area contributed by atoms with Crippen LogP contribution in [0.25, 0.3) is 0 Å². The van der Waals surface area contributed by atoms with Crippen molar-refractivity contribution < 1.29 is 14.4 Å². The number of piperazine rings is 1. The van der Waals surface area contributed by atoms with Crippen LogP contribution >= 0.6 is 0 Å². The van der Waals surface area contributed by atoms with Gasteiger partial charge >= 0.3 is 6.03 Å². The molecule has 1 aliphatic carbocycles. The third-order valence-electron chi connectivity index (χ3n) is 9.13. The number of likely N-dealkylation sites (tertiary alicyclic amines) is 1. The first-order chi connectivity index (χ1) is 18.9. The first-order valence-corrected chi connectivity index (χ1v) is 14.4. The normalized spacial score (nSPS) is 20.0. The lowest BCUT2D eigenvalue weighted by atomic mass is 10.0. The van der Waals surface area contributed by atoms with Crippen LogP contribution in [0.5, 0.6) is 0 Å². The van der Waals surface area contributed by atoms with E-state index in [1.165, 1.54) is 16.8 Å². The van der Waals surface area contributed by atoms with E-state index in [0.717, 1.165) is 63.0 Å². The molecule has 0 spiro atoms. The molecule has 1 aromatic carbocycles. The second kappa shape index (κ2) is 10.5. The highest BCUT2D eigenvalue weighted by molar-refractivity contribution is 5.94. The van der Waals surface area contributed by atoms with Crippen LogP contribution in [0.1, 0.15) is 52.1 Å². The molecule has 4 amide bonds. The van der Waals surface area contributed by atoms with Gasteiger partial charge in [-0.2, -0.15) is 5.10 Å². The molecular weight excluding hydrogens is 494 g/mol. The average Bonchev–Trinajstić information content (AvgIpc) is 3.68. The van der Waals surface area contributed by atoms with Gasteiger partial charge < -0.3 is 24.9 Å². The molecule has 0 bridgehead atoms. The first-order valence-electron chi connectivity index (χ1n) is 14.4. The number of hydrogen-bond acceptors (Lipinski definition) is 5. The summed E-state index contributed by atoms with van der Waals surface area (Å²) in [5.41, 5.74) is 6.42. The fourth-order valence-corrected chi connectivity index (χ4v) is 6.68. The maximum atomic E-state index is 13.5. The van der Waals surface area contributed by atoms with Gasteiger partial charge in [-0.3, -0.25) is 14.3 Å². The Kier molecular flexibility index (Phi) is 6.95. The van der Waals surface area contributed by atoms with E-state index in [2.05, 4.69) is 42.3 Å². The molecule has 6 rings (SSSR count). The van der Waals surface area contributed by atoms with E-state index in [9.17, 15) is 14.4 Å². The van der Waals surface area contributed by atoms with Gasteiger partial charge in [-0.15, -0.1) is 0 Å². The summed E-state index contributed by atoms with van der Waals surface area (Å²) < 4.78 is 1.80. The zero-order valence-electron chi connectivity index (χ0n) is 23.1. The molecule has 3 saturated heterocycles. The number of nitrogens with zero attached hydrogens (tertiary/aromatic N) is 6. The highest BCUT2D eigenvalue weighted by Crippen LogP contribution is 2.28. The van der Waals surface area contributed by atoms with Crippen LogP contribution in [0.15, 0.2) is 18.2 Å². The lowest BCUT2D eigenvalue weighted by Gasteiger charge is -2.37. The number of benzene rings is 1. The zero-order chi connectivity index (χ0) is 27.1. The van der Waals surface area contributed by atoms with Crippen molar-refractivity contribution in [3.05, 3.63) is 46.3 Å². The summed E-state index contributed by atoms with van der Waals surface area (Å²) in [6.07, 6.45) is 4.25. The Morgan fingerprint density at radius 1 is 0.974 bits per heavy atom. The van der Waals surface area contributed by atoms with E-state index in [0.29, 0.717) is 38.4 Å². The minimum Gasteiger partial charge on any atom is -0.368 e. The second-order valence-electron chi connectivity index (χ2n) is 11.3. The van der Waals surface area contributed by atoms with Crippen molar-refractivity contribution in [2.24, 2.45) is 0 Å². The molecule has 3 aliphatic heterocycles. The van der Waals surface area contributed by atoms with Crippen molar-refractivity contribution >= 4 is 23.5 Å². The number of nitrogens with one attached hydrogen (secondary N) is 1. The highest BCUT2D eigenvalue weighted by Gasteiger charge is 2.35. The van der Waals surface area contributed by atoms with Gasteiger partial charge in [0.25, 0.3) is 5.91 Å². The van der Waals surface area contributed by atoms with Gasteiger partial charge in [-0.1, -0.05) is 12.1 Å². The molecule has 10 nitrogen and oxygen atoms in total. The molecule has 2 aromatic rings. The molecule has 3 fully saturated rings. The molecule has 0 saturated carbocycles. The van der Waals surface area contributed by atoms with Crippen LogP contribution in [0.2, 0.25) is 0 Å². The fourth-order valence-electron chi connectivity index (χ4n) is 6.68. The smallest absolute Gasteiger partial charge is 0.317 e. The number of carbonyl (C=O) groups is 3. The number of carbonyl (C=O) groups excluding carboxylic acids is 3. The molecule has 1 N–H and O–H groups in total. The lowest BCUT2D eigenvalue weighted by Crippen LogP contribution is -2.50. The largest absolute Gasteiger partial charge is 0.368 e. The number of piperidine rings is 1. The predicted molar refractivity (Wildman–Crippen MR) is 148 cm³/mol. The molecule has 10 heteroatoms. The van der Waals surface area contributed by atoms with E-state index in [1.807, 2.05) is 14.7 Å². The number of anilines is 1. The standard InChI is InChI=1S/C29H39N7O3/c1-20-5-3-7-24(21(20)2)32-15-17-33(18-16-32)26(37)19-36-25-8-4-6-23(25)27(31-36)28(38)34-12-9-22(10-13-34)35-14-11-30-29(35)39/h3,5,7,22H,4,6,8-19H2,1-2H3,(H,30,39). The SMILES string of the molecule is Cc1cccc(N2CCN(C(=O)Cn3nc(C(=O)N4CCC(N5CCNC5=O)CC4)c4c3CCC4)CC2)c1C. The van der Waals surface area contributed by atoms with Crippen LogP contribution in [0, 0.1) is 13.8 Å². The average molecular weight is 534 g/mol. The van der Waals surface area contributed by atoms with Crippen molar-refractivity contribution in [1.82, 2.24) is 29.8 Å². The van der Waals surface area contributed by atoms with Crippen LogP contribution in [-0.4, -0.2) is 101 Å². The molecule has 4 aliphatic rings. The number of amides is 4. The van der Waals surface area contributed by atoms with Crippen LogP contribution < -0.4 is 10.2 Å². The Hall–Kier alpha value is -3.56. The quantitative estimate of drug-likeness (QED) is 0.634. The Morgan fingerprint density at radius 2 is 1.74 bits per heavy atom. The number of hydrogen-bond donors (Lipinski definition) is 1. The van der Waals surface area contributed by atoms with E-state index in [4.69, 9.17) is 5.10 Å². The summed E-state index contributed by atoms with van der Waals surface area (Å²) in [4.78, 5) is 47.0. The molecule has 0 radical (unpaired) electrons. The van der Waals surface area contributed by atoms with Crippen LogP contribution in [0.4, 0.5) is 10.5 Å². The number of rotatable bonds is 5. The molecular formula is C29H39N7O3. The van der Waals surface area contributed by atoms with E-state index >= 15 is 0 Å². The molecule has 4 heterocycles. The molecule has 1 aromatic heterocycles. The Labute approximate surface area is 229 Å². The maximum absolute atomic E-state index is 13.5. The highest BCUT2D eigenvalue weighted by atomic mass is 16.2. The van der Waals surface area contributed by atoms with Crippen molar-refractivity contribution in [2.45, 2.75) is 58.5 Å². The fraction of sp³-hybridized carbons (Fsp3) is 0.586. The Balaban J connectivity index is 1.08. The Bertz CT molecular complexity index is 1270. The lowest BCUT2D eigenvalue weighted by molar-refractivity contribution is -0.132. The van der Waals surface area contributed by atoms with E-state index in [1.54, 1.807) is 4.68 Å². The van der Waals surface area contributed by atoms with Crippen molar-refractivity contribution in [3.8, 4) is 0 Å². The Morgan fingerprint density at radius 3 is 2.46 bits per heavy atom. The second-order valence-corrected chi connectivity index (χ2v) is 11.3. The summed E-state index contributed by atoms with van der Waals surface area (Å²) >= 11 is 0. The maximum Gasteiger partial charge on any atom is 0.317 e. The van der Waals surface area contributed by atoms with Crippen LogP contribution in [0.3, 0.4) is 0 Å². The summed E-state index contributed by atoms with van der Waals surface area (Å²) in [5.74, 6) is 0.0299. The third kappa shape index (κ3) is 4.85. The summed E-state index contributed by atoms with van der Waals surface area (Å²) in [5, 5.41) is 7.60. The van der Waals surface area contributed by atoms with Crippen molar-refractivity contribution in [2.75, 3.05) is 57.3 Å². The monoisotopic (exact) mass is 533 g/mol. The minimum absolute atomic E-state index is 0.00713. The summed E-state index contributed by atoms with van der Waals surface area (Å²) in [7, 11) is 0. The van der Waals surface area contributed by atoms with Crippen molar-refractivity contribution in [1.29, 1.82) is 0 Å². The number of aromatic nitrogens is 2. The summed E-state index contributed by atoms with van der Waals surface area (Å²) in [6.45, 7) is 10.2. The topological polar surface area (TPSA) is 94.0 Å². The number of fused-ring (bicyclic) bond motifs is 1. The van der Waals surface area contributed by atoms with Crippen molar-refractivity contribution in [3.63, 3.8) is 0 Å². The molecule has 0 unspecified atom stereocenters.